The number of carbonyl (C=O) groups is 1. The summed E-state index contributed by atoms with van der Waals surface area (Å²) in [5.74, 6) is 1.56. The van der Waals surface area contributed by atoms with E-state index >= 15 is 0 Å². The number of rotatable bonds is 6. The fraction of sp³-hybridized carbons (Fsp3) is 0.533. The van der Waals surface area contributed by atoms with Crippen LogP contribution in [0.2, 0.25) is 0 Å². The highest BCUT2D eigenvalue weighted by Gasteiger charge is 2.17. The zero-order chi connectivity index (χ0) is 15.4. The predicted molar refractivity (Wildman–Crippen MR) is 77.0 cm³/mol. The molecule has 1 aliphatic heterocycles. The minimum atomic E-state index is -0.0326. The average molecular weight is 305 g/mol. The monoisotopic (exact) mass is 305 g/mol. The Morgan fingerprint density at radius 2 is 2.36 bits per heavy atom. The van der Waals surface area contributed by atoms with Gasteiger partial charge in [-0.15, -0.1) is 10.2 Å². The van der Waals surface area contributed by atoms with Crippen LogP contribution in [-0.2, 0) is 16.0 Å². The number of nitrogens with one attached hydrogen (secondary N) is 1. The lowest BCUT2D eigenvalue weighted by atomic mass is 10.2. The number of aryl methyl sites for hydroxylation is 2. The second-order valence-electron chi connectivity index (χ2n) is 5.33. The zero-order valence-corrected chi connectivity index (χ0v) is 12.5. The molecule has 2 aromatic heterocycles. The maximum Gasteiger partial charge on any atom is 0.251 e. The molecule has 1 aliphatic rings. The van der Waals surface area contributed by atoms with Crippen molar-refractivity contribution in [2.24, 2.45) is 0 Å². The molecule has 1 atom stereocenters. The third-order valence-corrected chi connectivity index (χ3v) is 3.67. The predicted octanol–water partition coefficient (Wildman–Crippen LogP) is 1.87. The van der Waals surface area contributed by atoms with Gasteiger partial charge in [0.25, 0.3) is 5.89 Å². The summed E-state index contributed by atoms with van der Waals surface area (Å²) >= 11 is 0. The molecule has 22 heavy (non-hydrogen) atoms. The van der Waals surface area contributed by atoms with Gasteiger partial charge in [-0.1, -0.05) is 0 Å². The quantitative estimate of drug-likeness (QED) is 0.876. The summed E-state index contributed by atoms with van der Waals surface area (Å²) < 4.78 is 16.2. The highest BCUT2D eigenvalue weighted by molar-refractivity contribution is 5.76. The number of hydrogen-bond donors (Lipinski definition) is 1. The van der Waals surface area contributed by atoms with Crippen molar-refractivity contribution in [3.63, 3.8) is 0 Å². The van der Waals surface area contributed by atoms with Gasteiger partial charge < -0.3 is 18.9 Å². The second-order valence-corrected chi connectivity index (χ2v) is 5.33. The Hall–Kier alpha value is -2.15. The molecule has 2 aromatic rings. The number of furan rings is 1. The molecule has 0 aromatic carbocycles. The van der Waals surface area contributed by atoms with Crippen LogP contribution in [0.3, 0.4) is 0 Å². The van der Waals surface area contributed by atoms with Gasteiger partial charge in [0.2, 0.25) is 11.8 Å². The third-order valence-electron chi connectivity index (χ3n) is 3.67. The molecule has 0 bridgehead atoms. The normalized spacial score (nSPS) is 17.8. The molecule has 1 N–H and O–H groups in total. The molecule has 0 saturated carbocycles. The lowest BCUT2D eigenvalue weighted by Gasteiger charge is -2.10. The van der Waals surface area contributed by atoms with E-state index in [1.165, 1.54) is 0 Å². The first kappa shape index (κ1) is 14.8. The first-order valence-electron chi connectivity index (χ1n) is 7.47. The van der Waals surface area contributed by atoms with E-state index in [-0.39, 0.29) is 12.0 Å². The number of hydrogen-bond acceptors (Lipinski definition) is 6. The molecule has 3 heterocycles. The van der Waals surface area contributed by atoms with Gasteiger partial charge in [0, 0.05) is 26.0 Å². The number of carbonyl (C=O) groups excluding carboxylic acids is 1. The zero-order valence-electron chi connectivity index (χ0n) is 12.5. The van der Waals surface area contributed by atoms with Crippen LogP contribution >= 0.6 is 0 Å². The van der Waals surface area contributed by atoms with Gasteiger partial charge in [0.15, 0.2) is 0 Å². The van der Waals surface area contributed by atoms with Crippen molar-refractivity contribution in [1.29, 1.82) is 0 Å². The first-order chi connectivity index (χ1) is 10.7. The van der Waals surface area contributed by atoms with Crippen molar-refractivity contribution in [1.82, 2.24) is 15.5 Å². The SMILES string of the molecule is Cc1occc1-c1nnc(CCC(=O)NCC2CCCO2)o1. The van der Waals surface area contributed by atoms with Crippen LogP contribution < -0.4 is 5.32 Å². The molecular formula is C15H19N3O4. The van der Waals surface area contributed by atoms with E-state index < -0.39 is 0 Å². The minimum Gasteiger partial charge on any atom is -0.469 e. The molecule has 0 spiro atoms. The van der Waals surface area contributed by atoms with Crippen molar-refractivity contribution in [3.05, 3.63) is 24.0 Å². The van der Waals surface area contributed by atoms with Crippen molar-refractivity contribution in [2.75, 3.05) is 13.2 Å². The Balaban J connectivity index is 1.46. The Kier molecular flexibility index (Phi) is 4.53. The van der Waals surface area contributed by atoms with Crippen molar-refractivity contribution in [3.8, 4) is 11.5 Å². The molecule has 0 radical (unpaired) electrons. The highest BCUT2D eigenvalue weighted by atomic mass is 16.5. The number of amides is 1. The molecule has 7 nitrogen and oxygen atoms in total. The smallest absolute Gasteiger partial charge is 0.251 e. The van der Waals surface area contributed by atoms with Crippen LogP contribution in [0.4, 0.5) is 0 Å². The number of ether oxygens (including phenoxy) is 1. The summed E-state index contributed by atoms with van der Waals surface area (Å²) in [6.45, 7) is 3.19. The van der Waals surface area contributed by atoms with E-state index in [0.717, 1.165) is 30.8 Å². The van der Waals surface area contributed by atoms with Crippen LogP contribution in [0.15, 0.2) is 21.2 Å². The maximum absolute atomic E-state index is 11.8. The molecule has 1 saturated heterocycles. The topological polar surface area (TPSA) is 90.4 Å². The summed E-state index contributed by atoms with van der Waals surface area (Å²) in [5, 5.41) is 10.8. The van der Waals surface area contributed by atoms with Crippen molar-refractivity contribution in [2.45, 2.75) is 38.7 Å². The van der Waals surface area contributed by atoms with Crippen molar-refractivity contribution >= 4 is 5.91 Å². The maximum atomic E-state index is 11.8. The van der Waals surface area contributed by atoms with E-state index in [1.54, 1.807) is 12.3 Å². The molecule has 118 valence electrons. The lowest BCUT2D eigenvalue weighted by molar-refractivity contribution is -0.121. The molecule has 3 rings (SSSR count). The lowest BCUT2D eigenvalue weighted by Crippen LogP contribution is -2.31. The van der Waals surface area contributed by atoms with Gasteiger partial charge in [-0.05, 0) is 25.8 Å². The van der Waals surface area contributed by atoms with Crippen LogP contribution in [0.1, 0.15) is 30.9 Å². The molecule has 0 aliphatic carbocycles. The van der Waals surface area contributed by atoms with Crippen molar-refractivity contribution < 1.29 is 18.4 Å². The van der Waals surface area contributed by atoms with Gasteiger partial charge in [-0.25, -0.2) is 0 Å². The van der Waals surface area contributed by atoms with Crippen LogP contribution in [0, 0.1) is 6.92 Å². The summed E-state index contributed by atoms with van der Waals surface area (Å²) in [6.07, 6.45) is 4.55. The third kappa shape index (κ3) is 3.54. The Labute approximate surface area is 128 Å². The van der Waals surface area contributed by atoms with Crippen LogP contribution in [-0.4, -0.2) is 35.4 Å². The van der Waals surface area contributed by atoms with Crippen LogP contribution in [0.25, 0.3) is 11.5 Å². The Bertz CT molecular complexity index is 628. The molecule has 1 amide bonds. The van der Waals surface area contributed by atoms with Crippen LogP contribution in [0.5, 0.6) is 0 Å². The van der Waals surface area contributed by atoms with Gasteiger partial charge in [0.05, 0.1) is 17.9 Å². The highest BCUT2D eigenvalue weighted by Crippen LogP contribution is 2.22. The van der Waals surface area contributed by atoms with Gasteiger partial charge in [0.1, 0.15) is 5.76 Å². The number of aromatic nitrogens is 2. The van der Waals surface area contributed by atoms with E-state index in [4.69, 9.17) is 13.6 Å². The Morgan fingerprint density at radius 3 is 3.09 bits per heavy atom. The van der Waals surface area contributed by atoms with E-state index in [9.17, 15) is 4.79 Å². The van der Waals surface area contributed by atoms with E-state index in [0.29, 0.717) is 31.2 Å². The fourth-order valence-corrected chi connectivity index (χ4v) is 2.41. The summed E-state index contributed by atoms with van der Waals surface area (Å²) in [6, 6.07) is 1.78. The largest absolute Gasteiger partial charge is 0.469 e. The standard InChI is InChI=1S/C15H19N3O4/c1-10-12(6-8-20-10)15-18-17-14(22-15)5-4-13(19)16-9-11-3-2-7-21-11/h6,8,11H,2-5,7,9H2,1H3,(H,16,19). The second kappa shape index (κ2) is 6.74. The average Bonchev–Trinajstić information content (AvgIpc) is 3.24. The van der Waals surface area contributed by atoms with E-state index in [2.05, 4.69) is 15.5 Å². The first-order valence-corrected chi connectivity index (χ1v) is 7.47. The Morgan fingerprint density at radius 1 is 1.45 bits per heavy atom. The van der Waals surface area contributed by atoms with Gasteiger partial charge in [-0.3, -0.25) is 4.79 Å². The number of nitrogens with zero attached hydrogens (tertiary/aromatic N) is 2. The minimum absolute atomic E-state index is 0.0326. The molecule has 1 unspecified atom stereocenters. The van der Waals surface area contributed by atoms with E-state index in [1.807, 2.05) is 6.92 Å². The summed E-state index contributed by atoms with van der Waals surface area (Å²) in [7, 11) is 0. The molecule has 7 heteroatoms. The molecular weight excluding hydrogens is 286 g/mol. The molecule has 1 fully saturated rings. The van der Waals surface area contributed by atoms with Gasteiger partial charge >= 0.3 is 0 Å². The summed E-state index contributed by atoms with van der Waals surface area (Å²) in [4.78, 5) is 11.8. The summed E-state index contributed by atoms with van der Waals surface area (Å²) in [5.41, 5.74) is 0.779. The van der Waals surface area contributed by atoms with Gasteiger partial charge in [-0.2, -0.15) is 0 Å². The fourth-order valence-electron chi connectivity index (χ4n) is 2.41.